The molecule has 2 aromatic heterocycles. The van der Waals surface area contributed by atoms with E-state index in [2.05, 4.69) is 24.9 Å². The Hall–Kier alpha value is -2.41. The Morgan fingerprint density at radius 2 is 1.83 bits per heavy atom. The van der Waals surface area contributed by atoms with Gasteiger partial charge in [0.15, 0.2) is 11.3 Å². The fraction of sp³-hybridized carbons (Fsp3) is 0. The summed E-state index contributed by atoms with van der Waals surface area (Å²) in [7, 11) is 0. The second-order valence-corrected chi connectivity index (χ2v) is 3.31. The van der Waals surface area contributed by atoms with Gasteiger partial charge in [-0.3, -0.25) is 9.59 Å². The van der Waals surface area contributed by atoms with Gasteiger partial charge in [-0.2, -0.15) is 4.99 Å². The number of fused-ring (bicyclic) bond motifs is 1. The zero-order valence-corrected chi connectivity index (χ0v) is 9.64. The summed E-state index contributed by atoms with van der Waals surface area (Å²) in [6.45, 7) is 0. The molecule has 7 nitrogen and oxygen atoms in total. The van der Waals surface area contributed by atoms with E-state index in [4.69, 9.17) is 0 Å². The largest absolute Gasteiger partial charge is 0.343 e. The SMILES string of the molecule is Cl.O=C1N=c2ccc(-c3ncc[nH]3)nc2=NC1=O. The van der Waals surface area contributed by atoms with Crippen LogP contribution in [-0.2, 0) is 9.59 Å². The van der Waals surface area contributed by atoms with E-state index in [1.165, 1.54) is 0 Å². The normalized spacial score (nSPS) is 13.1. The Morgan fingerprint density at radius 1 is 1.06 bits per heavy atom. The highest BCUT2D eigenvalue weighted by molar-refractivity contribution is 6.36. The van der Waals surface area contributed by atoms with Crippen LogP contribution in [0.25, 0.3) is 11.5 Å². The van der Waals surface area contributed by atoms with E-state index < -0.39 is 11.8 Å². The number of nitrogens with one attached hydrogen (secondary N) is 1. The summed E-state index contributed by atoms with van der Waals surface area (Å²) in [6.07, 6.45) is 3.25. The highest BCUT2D eigenvalue weighted by Crippen LogP contribution is 2.06. The van der Waals surface area contributed by atoms with Crippen LogP contribution < -0.4 is 10.8 Å². The Bertz CT molecular complexity index is 738. The van der Waals surface area contributed by atoms with E-state index in [0.717, 1.165) is 0 Å². The van der Waals surface area contributed by atoms with Gasteiger partial charge in [0.25, 0.3) is 0 Å². The molecule has 8 heteroatoms. The molecular formula is C10H6ClN5O2. The van der Waals surface area contributed by atoms with Crippen LogP contribution in [0, 0.1) is 0 Å². The first kappa shape index (κ1) is 12.1. The summed E-state index contributed by atoms with van der Waals surface area (Å²) in [4.78, 5) is 40.3. The number of carbonyl (C=O) groups excluding carboxylic acids is 2. The Balaban J connectivity index is 0.00000120. The molecule has 2 aromatic rings. The first-order valence-corrected chi connectivity index (χ1v) is 4.76. The van der Waals surface area contributed by atoms with Crippen LogP contribution in [0.15, 0.2) is 34.5 Å². The third-order valence-corrected chi connectivity index (χ3v) is 2.21. The number of hydrogen-bond acceptors (Lipinski definition) is 4. The fourth-order valence-electron chi connectivity index (χ4n) is 1.45. The maximum Gasteiger partial charge on any atom is 0.339 e. The zero-order chi connectivity index (χ0) is 11.8. The van der Waals surface area contributed by atoms with Gasteiger partial charge in [-0.25, -0.2) is 15.0 Å². The number of aromatic nitrogens is 3. The van der Waals surface area contributed by atoms with Crippen LogP contribution in [0.1, 0.15) is 0 Å². The molecule has 0 fully saturated rings. The average Bonchev–Trinajstić information content (AvgIpc) is 2.83. The average molecular weight is 264 g/mol. The molecule has 3 heterocycles. The van der Waals surface area contributed by atoms with E-state index in [9.17, 15) is 9.59 Å². The van der Waals surface area contributed by atoms with Gasteiger partial charge in [0.2, 0.25) is 0 Å². The molecule has 1 N–H and O–H groups in total. The minimum atomic E-state index is -0.901. The van der Waals surface area contributed by atoms with Gasteiger partial charge < -0.3 is 4.98 Å². The van der Waals surface area contributed by atoms with Gasteiger partial charge in [-0.1, -0.05) is 0 Å². The highest BCUT2D eigenvalue weighted by atomic mass is 35.5. The van der Waals surface area contributed by atoms with Gasteiger partial charge in [0.05, 0.1) is 0 Å². The maximum atomic E-state index is 11.1. The molecule has 0 unspecified atom stereocenters. The van der Waals surface area contributed by atoms with E-state index in [0.29, 0.717) is 16.9 Å². The van der Waals surface area contributed by atoms with Crippen molar-refractivity contribution in [3.05, 3.63) is 35.4 Å². The topological polar surface area (TPSA) is 100 Å². The summed E-state index contributed by atoms with van der Waals surface area (Å²) in [5, 5.41) is 0.296. The number of rotatable bonds is 1. The molecule has 18 heavy (non-hydrogen) atoms. The predicted molar refractivity (Wildman–Crippen MR) is 61.4 cm³/mol. The van der Waals surface area contributed by atoms with Crippen LogP contribution in [-0.4, -0.2) is 26.8 Å². The highest BCUT2D eigenvalue weighted by Gasteiger charge is 2.16. The number of aromatic amines is 1. The second kappa shape index (κ2) is 4.46. The van der Waals surface area contributed by atoms with Crippen LogP contribution in [0.2, 0.25) is 0 Å². The molecule has 3 rings (SSSR count). The number of pyridine rings is 1. The van der Waals surface area contributed by atoms with Crippen molar-refractivity contribution < 1.29 is 9.59 Å². The zero-order valence-electron chi connectivity index (χ0n) is 8.82. The van der Waals surface area contributed by atoms with Gasteiger partial charge >= 0.3 is 11.8 Å². The van der Waals surface area contributed by atoms with E-state index in [1.54, 1.807) is 24.5 Å². The van der Waals surface area contributed by atoms with E-state index >= 15 is 0 Å². The van der Waals surface area contributed by atoms with Crippen molar-refractivity contribution >= 4 is 24.2 Å². The second-order valence-electron chi connectivity index (χ2n) is 3.31. The number of hydrogen-bond donors (Lipinski definition) is 1. The van der Waals surface area contributed by atoms with Crippen molar-refractivity contribution in [1.82, 2.24) is 15.0 Å². The first-order valence-electron chi connectivity index (χ1n) is 4.76. The number of nitrogens with zero attached hydrogens (tertiary/aromatic N) is 4. The molecule has 0 aliphatic carbocycles. The minimum absolute atomic E-state index is 0. The Morgan fingerprint density at radius 3 is 2.56 bits per heavy atom. The predicted octanol–water partition coefficient (Wildman–Crippen LogP) is -0.801. The van der Waals surface area contributed by atoms with Crippen LogP contribution in [0.4, 0.5) is 0 Å². The summed E-state index contributed by atoms with van der Waals surface area (Å²) < 4.78 is 0. The number of carbonyl (C=O) groups is 2. The summed E-state index contributed by atoms with van der Waals surface area (Å²) >= 11 is 0. The quantitative estimate of drug-likeness (QED) is 0.681. The minimum Gasteiger partial charge on any atom is -0.343 e. The molecule has 0 bridgehead atoms. The Labute approximate surface area is 106 Å². The summed E-state index contributed by atoms with van der Waals surface area (Å²) in [5.41, 5.74) is 0.679. The van der Waals surface area contributed by atoms with Crippen molar-refractivity contribution in [2.45, 2.75) is 0 Å². The molecule has 1 aliphatic heterocycles. The number of halogens is 1. The van der Waals surface area contributed by atoms with E-state index in [-0.39, 0.29) is 17.9 Å². The van der Waals surface area contributed by atoms with Crippen molar-refractivity contribution in [3.8, 4) is 11.5 Å². The van der Waals surface area contributed by atoms with Gasteiger partial charge in [-0.05, 0) is 12.1 Å². The fourth-order valence-corrected chi connectivity index (χ4v) is 1.45. The van der Waals surface area contributed by atoms with Gasteiger partial charge in [0.1, 0.15) is 11.1 Å². The summed E-state index contributed by atoms with van der Waals surface area (Å²) in [5.74, 6) is -1.21. The molecule has 2 amide bonds. The maximum absolute atomic E-state index is 11.1. The summed E-state index contributed by atoms with van der Waals surface area (Å²) in [6, 6.07) is 3.23. The van der Waals surface area contributed by atoms with Crippen LogP contribution >= 0.6 is 12.4 Å². The van der Waals surface area contributed by atoms with Crippen molar-refractivity contribution in [3.63, 3.8) is 0 Å². The molecule has 0 radical (unpaired) electrons. The molecule has 0 atom stereocenters. The van der Waals surface area contributed by atoms with E-state index in [1.807, 2.05) is 0 Å². The van der Waals surface area contributed by atoms with Crippen LogP contribution in [0.3, 0.4) is 0 Å². The van der Waals surface area contributed by atoms with Crippen LogP contribution in [0.5, 0.6) is 0 Å². The molecule has 1 aliphatic rings. The number of amides is 2. The monoisotopic (exact) mass is 263 g/mol. The first-order chi connectivity index (χ1) is 8.24. The lowest BCUT2D eigenvalue weighted by Gasteiger charge is -1.98. The lowest BCUT2D eigenvalue weighted by Crippen LogP contribution is -2.37. The van der Waals surface area contributed by atoms with Crippen molar-refractivity contribution in [1.29, 1.82) is 0 Å². The Kier molecular flexibility index (Phi) is 2.99. The third-order valence-electron chi connectivity index (χ3n) is 2.21. The lowest BCUT2D eigenvalue weighted by atomic mass is 10.3. The molecule has 90 valence electrons. The standard InChI is InChI=1S/C10H5N5O2.ClH/c16-9-10(17)15-8-6(14-9)2-1-5(13-8)7-11-3-4-12-7;/h1-4H,(H,11,12);1H. The van der Waals surface area contributed by atoms with Crippen molar-refractivity contribution in [2.75, 3.05) is 0 Å². The van der Waals surface area contributed by atoms with Gasteiger partial charge in [0, 0.05) is 12.4 Å². The molecule has 0 saturated heterocycles. The number of imidazole rings is 1. The number of H-pyrrole nitrogens is 1. The molecule has 0 saturated carbocycles. The smallest absolute Gasteiger partial charge is 0.339 e. The molecular weight excluding hydrogens is 258 g/mol. The lowest BCUT2D eigenvalue weighted by molar-refractivity contribution is -0.135. The molecule has 0 aromatic carbocycles. The third kappa shape index (κ3) is 1.91. The van der Waals surface area contributed by atoms with Gasteiger partial charge in [-0.15, -0.1) is 12.4 Å². The van der Waals surface area contributed by atoms with Crippen molar-refractivity contribution in [2.24, 2.45) is 9.98 Å². The molecule has 0 spiro atoms.